The van der Waals surface area contributed by atoms with Crippen molar-refractivity contribution in [2.24, 2.45) is 0 Å². The van der Waals surface area contributed by atoms with Crippen molar-refractivity contribution in [3.05, 3.63) is 0 Å². The topological polar surface area (TPSA) is 95.9 Å². The van der Waals surface area contributed by atoms with Crippen molar-refractivity contribution in [2.75, 3.05) is 13.2 Å². The van der Waals surface area contributed by atoms with Crippen molar-refractivity contribution in [1.29, 1.82) is 0 Å². The summed E-state index contributed by atoms with van der Waals surface area (Å²) in [7, 11) is 0. The molecule has 0 aliphatic heterocycles. The second-order valence-corrected chi connectivity index (χ2v) is 23.2. The van der Waals surface area contributed by atoms with Gasteiger partial charge in [-0.1, -0.05) is 348 Å². The molecule has 0 rings (SSSR count). The first-order valence-corrected chi connectivity index (χ1v) is 33.3. The maximum Gasteiger partial charge on any atom is 0.305 e. The number of esters is 1. The molecule has 0 aromatic rings. The quantitative estimate of drug-likeness (QED) is 0.0417. The molecule has 0 saturated heterocycles. The molecule has 6 heteroatoms. The number of unbranched alkanes of at least 4 members (excludes halogenated alkanes) is 52. The number of rotatable bonds is 63. The van der Waals surface area contributed by atoms with Gasteiger partial charge in [-0.05, 0) is 25.7 Å². The van der Waals surface area contributed by atoms with Crippen molar-refractivity contribution in [1.82, 2.24) is 5.32 Å². The van der Waals surface area contributed by atoms with E-state index in [2.05, 4.69) is 19.2 Å². The normalized spacial score (nSPS) is 12.4. The highest BCUT2D eigenvalue weighted by Crippen LogP contribution is 2.19. The lowest BCUT2D eigenvalue weighted by molar-refractivity contribution is -0.143. The lowest BCUT2D eigenvalue weighted by Crippen LogP contribution is -2.45. The minimum Gasteiger partial charge on any atom is -0.466 e. The van der Waals surface area contributed by atoms with Crippen LogP contribution in [0.5, 0.6) is 0 Å². The number of aliphatic hydroxyl groups is 2. The summed E-state index contributed by atoms with van der Waals surface area (Å²) in [5, 5.41) is 23.3. The molecular weight excluding hydrogens is 887 g/mol. The monoisotopic (exact) mass is 1020 g/mol. The summed E-state index contributed by atoms with van der Waals surface area (Å²) in [6.45, 7) is 4.99. The van der Waals surface area contributed by atoms with Gasteiger partial charge in [0, 0.05) is 12.8 Å². The van der Waals surface area contributed by atoms with Crippen LogP contribution in [-0.2, 0) is 14.3 Å². The Hall–Kier alpha value is -1.14. The largest absolute Gasteiger partial charge is 0.466 e. The van der Waals surface area contributed by atoms with Crippen LogP contribution in [0, 0.1) is 0 Å². The first kappa shape index (κ1) is 70.9. The zero-order valence-corrected chi connectivity index (χ0v) is 49.2. The van der Waals surface area contributed by atoms with Gasteiger partial charge in [0.15, 0.2) is 0 Å². The van der Waals surface area contributed by atoms with Crippen LogP contribution < -0.4 is 5.32 Å². The number of amides is 1. The molecule has 0 heterocycles. The van der Waals surface area contributed by atoms with Gasteiger partial charge >= 0.3 is 5.97 Å². The van der Waals surface area contributed by atoms with Crippen LogP contribution in [-0.4, -0.2) is 47.4 Å². The Balaban J connectivity index is 3.34. The molecule has 6 nitrogen and oxygen atoms in total. The molecule has 0 aliphatic carbocycles. The number of hydrogen-bond acceptors (Lipinski definition) is 5. The number of aliphatic hydroxyl groups excluding tert-OH is 2. The Morgan fingerprint density at radius 1 is 0.333 bits per heavy atom. The van der Waals surface area contributed by atoms with Gasteiger partial charge in [0.1, 0.15) is 0 Å². The molecule has 0 aliphatic rings. The molecule has 0 aromatic carbocycles. The predicted molar refractivity (Wildman–Crippen MR) is 315 cm³/mol. The second kappa shape index (κ2) is 62.4. The Morgan fingerprint density at radius 3 is 0.847 bits per heavy atom. The highest BCUT2D eigenvalue weighted by molar-refractivity contribution is 5.76. The van der Waals surface area contributed by atoms with E-state index in [9.17, 15) is 19.8 Å². The standard InChI is InChI=1S/C66H131NO5/c1-3-5-7-9-11-13-15-17-19-20-24-28-32-36-40-44-48-52-56-60-66(71)72-61-57-53-49-45-41-37-33-29-26-23-21-22-25-27-31-35-39-43-47-51-55-59-65(70)67-63(62-68)64(69)58-54-50-46-42-38-34-30-18-16-14-12-10-8-6-4-2/h63-64,68-69H,3-62H2,1-2H3,(H,67,70). The highest BCUT2D eigenvalue weighted by atomic mass is 16.5. The van der Waals surface area contributed by atoms with Crippen molar-refractivity contribution in [2.45, 2.75) is 398 Å². The smallest absolute Gasteiger partial charge is 0.305 e. The van der Waals surface area contributed by atoms with Crippen molar-refractivity contribution in [3.63, 3.8) is 0 Å². The first-order chi connectivity index (χ1) is 35.5. The highest BCUT2D eigenvalue weighted by Gasteiger charge is 2.20. The molecule has 430 valence electrons. The molecule has 0 saturated carbocycles. The zero-order valence-electron chi connectivity index (χ0n) is 49.2. The Morgan fingerprint density at radius 2 is 0.569 bits per heavy atom. The summed E-state index contributed by atoms with van der Waals surface area (Å²) >= 11 is 0. The number of hydrogen-bond donors (Lipinski definition) is 3. The fraction of sp³-hybridized carbons (Fsp3) is 0.970. The molecule has 0 bridgehead atoms. The third-order valence-electron chi connectivity index (χ3n) is 15.9. The average Bonchev–Trinajstić information content (AvgIpc) is 3.38. The van der Waals surface area contributed by atoms with Crippen LogP contribution in [0.1, 0.15) is 386 Å². The van der Waals surface area contributed by atoms with E-state index in [0.717, 1.165) is 38.5 Å². The van der Waals surface area contributed by atoms with Crippen molar-refractivity contribution in [3.8, 4) is 0 Å². The number of carbonyl (C=O) groups excluding carboxylic acids is 2. The molecule has 2 atom stereocenters. The minimum absolute atomic E-state index is 0.0181. The molecule has 0 radical (unpaired) electrons. The second-order valence-electron chi connectivity index (χ2n) is 23.2. The summed E-state index contributed by atoms with van der Waals surface area (Å²) in [5.74, 6) is -0.0143. The van der Waals surface area contributed by atoms with Gasteiger partial charge in [-0.2, -0.15) is 0 Å². The molecule has 3 N–H and O–H groups in total. The van der Waals surface area contributed by atoms with Crippen LogP contribution in [0.4, 0.5) is 0 Å². The summed E-state index contributed by atoms with van der Waals surface area (Å²) in [4.78, 5) is 24.6. The summed E-state index contributed by atoms with van der Waals surface area (Å²) < 4.78 is 5.51. The average molecular weight is 1020 g/mol. The van der Waals surface area contributed by atoms with Gasteiger partial charge in [0.2, 0.25) is 5.91 Å². The van der Waals surface area contributed by atoms with Crippen molar-refractivity contribution >= 4 is 11.9 Å². The summed E-state index contributed by atoms with van der Waals surface area (Å²) in [6, 6.07) is -0.541. The lowest BCUT2D eigenvalue weighted by Gasteiger charge is -2.22. The van der Waals surface area contributed by atoms with E-state index in [1.807, 2.05) is 0 Å². The molecular formula is C66H131NO5. The van der Waals surface area contributed by atoms with Gasteiger partial charge in [-0.15, -0.1) is 0 Å². The molecule has 1 amide bonds. The van der Waals surface area contributed by atoms with Gasteiger partial charge in [0.25, 0.3) is 0 Å². The fourth-order valence-electron chi connectivity index (χ4n) is 10.8. The van der Waals surface area contributed by atoms with Gasteiger partial charge in [-0.25, -0.2) is 0 Å². The van der Waals surface area contributed by atoms with E-state index in [1.165, 1.54) is 315 Å². The van der Waals surface area contributed by atoms with Crippen LogP contribution in [0.15, 0.2) is 0 Å². The lowest BCUT2D eigenvalue weighted by atomic mass is 10.0. The Labute approximate surface area is 451 Å². The third-order valence-corrected chi connectivity index (χ3v) is 15.9. The third kappa shape index (κ3) is 58.1. The molecule has 0 aromatic heterocycles. The number of ether oxygens (including phenoxy) is 1. The van der Waals surface area contributed by atoms with E-state index < -0.39 is 12.1 Å². The minimum atomic E-state index is -0.664. The SMILES string of the molecule is CCCCCCCCCCCCCCCCCCCCCC(=O)OCCCCCCCCCCCCCCCCCCCCCCCC(=O)NC(CO)C(O)CCCCCCCCCCCCCCCCC. The molecule has 2 unspecified atom stereocenters. The molecule has 0 fully saturated rings. The first-order valence-electron chi connectivity index (χ1n) is 33.3. The van der Waals surface area contributed by atoms with Crippen LogP contribution in [0.25, 0.3) is 0 Å². The van der Waals surface area contributed by atoms with E-state index >= 15 is 0 Å². The summed E-state index contributed by atoms with van der Waals surface area (Å²) in [5.41, 5.74) is 0. The van der Waals surface area contributed by atoms with Gasteiger partial charge in [-0.3, -0.25) is 9.59 Å². The van der Waals surface area contributed by atoms with Crippen LogP contribution in [0.3, 0.4) is 0 Å². The van der Waals surface area contributed by atoms with Gasteiger partial charge in [0.05, 0.1) is 25.4 Å². The van der Waals surface area contributed by atoms with E-state index in [1.54, 1.807) is 0 Å². The molecule has 0 spiro atoms. The van der Waals surface area contributed by atoms with E-state index in [-0.39, 0.29) is 18.5 Å². The Bertz CT molecular complexity index is 1040. The predicted octanol–water partition coefficient (Wildman–Crippen LogP) is 21.0. The maximum absolute atomic E-state index is 12.5. The number of nitrogens with one attached hydrogen (secondary N) is 1. The molecule has 72 heavy (non-hydrogen) atoms. The zero-order chi connectivity index (χ0) is 52.2. The van der Waals surface area contributed by atoms with E-state index in [0.29, 0.717) is 25.9 Å². The Kier molecular flexibility index (Phi) is 61.4. The summed E-state index contributed by atoms with van der Waals surface area (Å²) in [6.07, 6.45) is 74.1. The maximum atomic E-state index is 12.5. The fourth-order valence-corrected chi connectivity index (χ4v) is 10.8. The van der Waals surface area contributed by atoms with Crippen LogP contribution in [0.2, 0.25) is 0 Å². The van der Waals surface area contributed by atoms with Gasteiger partial charge < -0.3 is 20.3 Å². The van der Waals surface area contributed by atoms with Crippen LogP contribution >= 0.6 is 0 Å². The number of carbonyl (C=O) groups is 2. The van der Waals surface area contributed by atoms with E-state index in [4.69, 9.17) is 4.74 Å². The van der Waals surface area contributed by atoms with Crippen molar-refractivity contribution < 1.29 is 24.5 Å².